The van der Waals surface area contributed by atoms with Gasteiger partial charge in [0.15, 0.2) is 0 Å². The van der Waals surface area contributed by atoms with Crippen LogP contribution in [0.25, 0.3) is 0 Å². The molecule has 116 valence electrons. The smallest absolute Gasteiger partial charge is 0.410 e. The van der Waals surface area contributed by atoms with Crippen molar-refractivity contribution in [2.24, 2.45) is 11.3 Å². The lowest BCUT2D eigenvalue weighted by Gasteiger charge is -2.53. The predicted octanol–water partition coefficient (Wildman–Crippen LogP) is 2.98. The Kier molecular flexibility index (Phi) is 4.33. The first-order valence-corrected chi connectivity index (χ1v) is 7.89. The van der Waals surface area contributed by atoms with E-state index in [4.69, 9.17) is 4.74 Å². The predicted molar refractivity (Wildman–Crippen MR) is 80.8 cm³/mol. The van der Waals surface area contributed by atoms with Gasteiger partial charge >= 0.3 is 6.09 Å². The number of hydrogen-bond donors (Lipinski definition) is 0. The summed E-state index contributed by atoms with van der Waals surface area (Å²) in [5.74, 6) is 0.740. The molecule has 1 spiro atoms. The second-order valence-corrected chi connectivity index (χ2v) is 8.03. The summed E-state index contributed by atoms with van der Waals surface area (Å²) < 4.78 is 5.43. The van der Waals surface area contributed by atoms with Crippen molar-refractivity contribution in [3.63, 3.8) is 0 Å². The lowest BCUT2D eigenvalue weighted by Crippen LogP contribution is -2.62. The van der Waals surface area contributed by atoms with Gasteiger partial charge in [0.1, 0.15) is 5.60 Å². The van der Waals surface area contributed by atoms with Crippen LogP contribution in [0.15, 0.2) is 0 Å². The zero-order valence-corrected chi connectivity index (χ0v) is 13.7. The summed E-state index contributed by atoms with van der Waals surface area (Å²) in [4.78, 5) is 16.4. The van der Waals surface area contributed by atoms with Crippen molar-refractivity contribution < 1.29 is 9.53 Å². The van der Waals surface area contributed by atoms with Gasteiger partial charge in [0, 0.05) is 25.0 Å². The van der Waals surface area contributed by atoms with Gasteiger partial charge in [-0.25, -0.2) is 4.79 Å². The van der Waals surface area contributed by atoms with Crippen LogP contribution in [-0.2, 0) is 4.74 Å². The van der Waals surface area contributed by atoms with E-state index in [9.17, 15) is 4.79 Å². The lowest BCUT2D eigenvalue weighted by molar-refractivity contribution is -0.0600. The molecule has 0 bridgehead atoms. The van der Waals surface area contributed by atoms with E-state index in [0.29, 0.717) is 5.41 Å². The van der Waals surface area contributed by atoms with Crippen molar-refractivity contribution in [2.75, 3.05) is 32.7 Å². The fourth-order valence-electron chi connectivity index (χ4n) is 3.26. The van der Waals surface area contributed by atoms with E-state index in [2.05, 4.69) is 18.7 Å². The molecule has 20 heavy (non-hydrogen) atoms. The van der Waals surface area contributed by atoms with Crippen LogP contribution in [0.1, 0.15) is 47.5 Å². The molecule has 1 amide bonds. The van der Waals surface area contributed by atoms with Gasteiger partial charge in [-0.1, -0.05) is 13.8 Å². The average Bonchev–Trinajstić information content (AvgIpc) is 2.24. The van der Waals surface area contributed by atoms with E-state index in [-0.39, 0.29) is 11.7 Å². The highest BCUT2D eigenvalue weighted by Crippen LogP contribution is 2.41. The maximum Gasteiger partial charge on any atom is 0.410 e. The van der Waals surface area contributed by atoms with Gasteiger partial charge in [0.05, 0.1) is 0 Å². The Balaban J connectivity index is 1.75. The van der Waals surface area contributed by atoms with Crippen molar-refractivity contribution in [1.82, 2.24) is 9.80 Å². The Labute approximate surface area is 123 Å². The lowest BCUT2D eigenvalue weighted by atomic mass is 9.72. The molecule has 0 saturated carbocycles. The molecule has 2 rings (SSSR count). The number of amides is 1. The van der Waals surface area contributed by atoms with Gasteiger partial charge in [0.2, 0.25) is 0 Å². The van der Waals surface area contributed by atoms with Crippen LogP contribution < -0.4 is 0 Å². The first-order chi connectivity index (χ1) is 9.19. The SMILES string of the molecule is CC(C)CN1CCC2(CC1)CN(C(=O)OC(C)(C)C)C2. The third-order valence-corrected chi connectivity index (χ3v) is 4.24. The van der Waals surface area contributed by atoms with Crippen molar-refractivity contribution in [2.45, 2.75) is 53.1 Å². The molecule has 0 radical (unpaired) electrons. The molecule has 2 aliphatic rings. The molecule has 4 heteroatoms. The van der Waals surface area contributed by atoms with Gasteiger partial charge in [-0.2, -0.15) is 0 Å². The molecule has 0 aromatic heterocycles. The molecule has 2 fully saturated rings. The van der Waals surface area contributed by atoms with Crippen LogP contribution in [0.3, 0.4) is 0 Å². The molecule has 0 aromatic carbocycles. The second-order valence-electron chi connectivity index (χ2n) is 8.03. The number of nitrogens with zero attached hydrogens (tertiary/aromatic N) is 2. The molecule has 0 N–H and O–H groups in total. The number of likely N-dealkylation sites (tertiary alicyclic amines) is 2. The summed E-state index contributed by atoms with van der Waals surface area (Å²) in [7, 11) is 0. The number of ether oxygens (including phenoxy) is 1. The fraction of sp³-hybridized carbons (Fsp3) is 0.938. The van der Waals surface area contributed by atoms with Crippen molar-refractivity contribution in [3.8, 4) is 0 Å². The molecule has 0 atom stereocenters. The minimum absolute atomic E-state index is 0.146. The number of piperidine rings is 1. The number of rotatable bonds is 2. The van der Waals surface area contributed by atoms with E-state index in [1.165, 1.54) is 32.5 Å². The molecule has 0 aromatic rings. The average molecular weight is 282 g/mol. The van der Waals surface area contributed by atoms with Crippen molar-refractivity contribution >= 4 is 6.09 Å². The Bertz CT molecular complexity index is 344. The Morgan fingerprint density at radius 3 is 2.20 bits per heavy atom. The van der Waals surface area contributed by atoms with E-state index >= 15 is 0 Å². The number of hydrogen-bond acceptors (Lipinski definition) is 3. The third kappa shape index (κ3) is 3.87. The van der Waals surface area contributed by atoms with Gasteiger partial charge in [-0.15, -0.1) is 0 Å². The Hall–Kier alpha value is -0.770. The third-order valence-electron chi connectivity index (χ3n) is 4.24. The summed E-state index contributed by atoms with van der Waals surface area (Å²) in [6.07, 6.45) is 2.30. The normalized spacial score (nSPS) is 23.0. The minimum atomic E-state index is -0.388. The van der Waals surface area contributed by atoms with Crippen LogP contribution >= 0.6 is 0 Å². The molecule has 2 heterocycles. The highest BCUT2D eigenvalue weighted by Gasteiger charge is 2.47. The van der Waals surface area contributed by atoms with Gasteiger partial charge in [-0.05, 0) is 52.6 Å². The second kappa shape index (κ2) is 5.55. The van der Waals surface area contributed by atoms with Crippen molar-refractivity contribution in [1.29, 1.82) is 0 Å². The van der Waals surface area contributed by atoms with Crippen LogP contribution in [-0.4, -0.2) is 54.2 Å². The van der Waals surface area contributed by atoms with Crippen LogP contribution in [0.5, 0.6) is 0 Å². The molecule has 2 aliphatic heterocycles. The Morgan fingerprint density at radius 1 is 1.20 bits per heavy atom. The number of carbonyl (C=O) groups excluding carboxylic acids is 1. The fourth-order valence-corrected chi connectivity index (χ4v) is 3.26. The van der Waals surface area contributed by atoms with Crippen molar-refractivity contribution in [3.05, 3.63) is 0 Å². The van der Waals surface area contributed by atoms with Gasteiger partial charge in [-0.3, -0.25) is 0 Å². The molecule has 0 aliphatic carbocycles. The topological polar surface area (TPSA) is 32.8 Å². The zero-order valence-electron chi connectivity index (χ0n) is 13.7. The largest absolute Gasteiger partial charge is 0.444 e. The van der Waals surface area contributed by atoms with Crippen LogP contribution in [0, 0.1) is 11.3 Å². The molecule has 2 saturated heterocycles. The highest BCUT2D eigenvalue weighted by atomic mass is 16.6. The quantitative estimate of drug-likeness (QED) is 0.780. The van der Waals surface area contributed by atoms with E-state index in [0.717, 1.165) is 19.0 Å². The van der Waals surface area contributed by atoms with E-state index < -0.39 is 0 Å². The minimum Gasteiger partial charge on any atom is -0.444 e. The molecule has 0 unspecified atom stereocenters. The van der Waals surface area contributed by atoms with Gasteiger partial charge in [0.25, 0.3) is 0 Å². The summed E-state index contributed by atoms with van der Waals surface area (Å²) >= 11 is 0. The molecule has 4 nitrogen and oxygen atoms in total. The first kappa shape index (κ1) is 15.6. The summed E-state index contributed by atoms with van der Waals surface area (Å²) in [5, 5.41) is 0. The first-order valence-electron chi connectivity index (χ1n) is 7.89. The summed E-state index contributed by atoms with van der Waals surface area (Å²) in [6.45, 7) is 15.7. The maximum atomic E-state index is 12.0. The Morgan fingerprint density at radius 2 is 1.75 bits per heavy atom. The van der Waals surface area contributed by atoms with Crippen LogP contribution in [0.2, 0.25) is 0 Å². The highest BCUT2D eigenvalue weighted by molar-refractivity contribution is 5.69. The van der Waals surface area contributed by atoms with Crippen LogP contribution in [0.4, 0.5) is 4.79 Å². The van der Waals surface area contributed by atoms with E-state index in [1.807, 2.05) is 25.7 Å². The maximum absolute atomic E-state index is 12.0. The van der Waals surface area contributed by atoms with Gasteiger partial charge < -0.3 is 14.5 Å². The summed E-state index contributed by atoms with van der Waals surface area (Å²) in [5.41, 5.74) is -0.00908. The molecular weight excluding hydrogens is 252 g/mol. The number of carbonyl (C=O) groups is 1. The monoisotopic (exact) mass is 282 g/mol. The molecular formula is C16H30N2O2. The summed E-state index contributed by atoms with van der Waals surface area (Å²) in [6, 6.07) is 0. The zero-order chi connectivity index (χ0) is 15.0. The standard InChI is InChI=1S/C16H30N2O2/c1-13(2)10-17-8-6-16(7-9-17)11-18(12-16)14(19)20-15(3,4)5/h13H,6-12H2,1-5H3. The van der Waals surface area contributed by atoms with E-state index in [1.54, 1.807) is 0 Å².